The summed E-state index contributed by atoms with van der Waals surface area (Å²) in [6, 6.07) is 20.0. The van der Waals surface area contributed by atoms with Gasteiger partial charge in [-0.05, 0) is 30.3 Å². The average molecular weight is 537 g/mol. The van der Waals surface area contributed by atoms with Gasteiger partial charge in [0.25, 0.3) is 5.69 Å². The van der Waals surface area contributed by atoms with Crippen molar-refractivity contribution in [3.63, 3.8) is 0 Å². The van der Waals surface area contributed by atoms with E-state index in [1.807, 2.05) is 35.7 Å². The lowest BCUT2D eigenvalue weighted by molar-refractivity contribution is -0.384. The first-order valence-corrected chi connectivity index (χ1v) is 12.0. The molecule has 0 saturated carbocycles. The number of non-ortho nitro benzene ring substituents is 1. The first-order valence-electron chi connectivity index (χ1n) is 10.4. The number of nitrogens with zero attached hydrogens (tertiary/aromatic N) is 5. The quantitative estimate of drug-likeness (QED) is 0.136. The molecular formula is C24H14Cl2N6O3S. The van der Waals surface area contributed by atoms with Crippen LogP contribution in [0.1, 0.15) is 0 Å². The third kappa shape index (κ3) is 4.69. The lowest BCUT2D eigenvalue weighted by Crippen LogP contribution is -2.13. The maximum Gasteiger partial charge on any atom is 0.301 e. The fraction of sp³-hybridized carbons (Fsp3) is 0. The van der Waals surface area contributed by atoms with Crippen LogP contribution in [-0.4, -0.2) is 19.7 Å². The van der Waals surface area contributed by atoms with Crippen molar-refractivity contribution in [1.82, 2.24) is 14.8 Å². The number of rotatable bonds is 6. The maximum atomic E-state index is 13.4. The number of aromatic amines is 1. The molecule has 0 aliphatic rings. The Kier molecular flexibility index (Phi) is 6.47. The van der Waals surface area contributed by atoms with Gasteiger partial charge < -0.3 is 0 Å². The van der Waals surface area contributed by atoms with E-state index in [1.165, 1.54) is 46.4 Å². The summed E-state index contributed by atoms with van der Waals surface area (Å²) in [6.45, 7) is 0. The molecule has 9 nitrogen and oxygen atoms in total. The number of azo groups is 1. The van der Waals surface area contributed by atoms with E-state index in [2.05, 4.69) is 20.3 Å². The molecule has 2 aromatic heterocycles. The van der Waals surface area contributed by atoms with Crippen molar-refractivity contribution in [3.05, 3.63) is 109 Å². The van der Waals surface area contributed by atoms with Gasteiger partial charge in [-0.2, -0.15) is 4.68 Å². The number of nitrogens with one attached hydrogen (secondary N) is 1. The number of halogens is 2. The molecule has 0 atom stereocenters. The van der Waals surface area contributed by atoms with E-state index in [0.717, 1.165) is 5.56 Å². The molecule has 1 N–H and O–H groups in total. The van der Waals surface area contributed by atoms with Gasteiger partial charge in [0.1, 0.15) is 5.69 Å². The summed E-state index contributed by atoms with van der Waals surface area (Å²) < 4.78 is 1.27. The number of aromatic nitrogens is 3. The number of thiazole rings is 1. The molecule has 0 saturated heterocycles. The third-order valence-electron chi connectivity index (χ3n) is 5.15. The van der Waals surface area contributed by atoms with E-state index >= 15 is 0 Å². The zero-order valence-electron chi connectivity index (χ0n) is 18.1. The van der Waals surface area contributed by atoms with Crippen molar-refractivity contribution in [1.29, 1.82) is 0 Å². The molecule has 0 radical (unpaired) electrons. The molecule has 0 amide bonds. The molecule has 0 aliphatic carbocycles. The van der Waals surface area contributed by atoms with Gasteiger partial charge in [0, 0.05) is 33.7 Å². The second-order valence-corrected chi connectivity index (χ2v) is 9.14. The second-order valence-electron chi connectivity index (χ2n) is 7.46. The number of nitro groups is 1. The highest BCUT2D eigenvalue weighted by Crippen LogP contribution is 2.33. The summed E-state index contributed by atoms with van der Waals surface area (Å²) in [5.74, 6) is 0. The zero-order valence-corrected chi connectivity index (χ0v) is 20.5. The summed E-state index contributed by atoms with van der Waals surface area (Å²) in [6.07, 6.45) is 0. The van der Waals surface area contributed by atoms with E-state index in [4.69, 9.17) is 23.2 Å². The van der Waals surface area contributed by atoms with Crippen molar-refractivity contribution >= 4 is 51.6 Å². The van der Waals surface area contributed by atoms with Gasteiger partial charge in [0.15, 0.2) is 5.69 Å². The molecule has 0 bridgehead atoms. The fourth-order valence-corrected chi connectivity index (χ4v) is 4.62. The number of benzene rings is 3. The number of nitro benzene ring substituents is 1. The first kappa shape index (κ1) is 23.6. The molecule has 0 spiro atoms. The minimum absolute atomic E-state index is 0.00803. The fourth-order valence-electron chi connectivity index (χ4n) is 3.38. The number of H-pyrrole nitrogens is 1. The Balaban J connectivity index is 1.62. The molecule has 0 aliphatic heterocycles. The molecule has 36 heavy (non-hydrogen) atoms. The standard InChI is InChI=1S/C24H14Cl2N6O3S/c25-16-8-11-19(18(26)12-16)28-29-22-21(15-6-9-17(10-7-15)32(34)35)30-31(23(22)33)24-27-20(13-36-24)14-4-2-1-3-5-14/h1-13,30H. The van der Waals surface area contributed by atoms with Crippen molar-refractivity contribution < 1.29 is 4.92 Å². The van der Waals surface area contributed by atoms with Crippen LogP contribution in [0, 0.1) is 10.1 Å². The lowest BCUT2D eigenvalue weighted by atomic mass is 10.1. The van der Waals surface area contributed by atoms with Crippen LogP contribution in [0.4, 0.5) is 17.1 Å². The Morgan fingerprint density at radius 2 is 1.72 bits per heavy atom. The topological polar surface area (TPSA) is 119 Å². The minimum atomic E-state index is -0.498. The molecule has 5 rings (SSSR count). The number of hydrogen-bond acceptors (Lipinski definition) is 7. The van der Waals surface area contributed by atoms with Crippen LogP contribution in [0.15, 0.2) is 93.2 Å². The smallest absolute Gasteiger partial charge is 0.286 e. The van der Waals surface area contributed by atoms with Gasteiger partial charge in [-0.15, -0.1) is 21.6 Å². The zero-order chi connectivity index (χ0) is 25.2. The molecule has 5 aromatic rings. The summed E-state index contributed by atoms with van der Waals surface area (Å²) >= 11 is 13.4. The monoisotopic (exact) mass is 536 g/mol. The van der Waals surface area contributed by atoms with Crippen LogP contribution < -0.4 is 5.56 Å². The highest BCUT2D eigenvalue weighted by atomic mass is 35.5. The lowest BCUT2D eigenvalue weighted by Gasteiger charge is -2.00. The van der Waals surface area contributed by atoms with Crippen LogP contribution in [0.5, 0.6) is 0 Å². The highest BCUT2D eigenvalue weighted by molar-refractivity contribution is 7.12. The Morgan fingerprint density at radius 1 is 0.972 bits per heavy atom. The first-order chi connectivity index (χ1) is 17.4. The maximum absolute atomic E-state index is 13.4. The Morgan fingerprint density at radius 3 is 2.42 bits per heavy atom. The SMILES string of the molecule is O=c1c(N=Nc2ccc(Cl)cc2Cl)c(-c2ccc([N+](=O)[O-])cc2)[nH]n1-c1nc(-c2ccccc2)cs1. The minimum Gasteiger partial charge on any atom is -0.286 e. The Labute approximate surface area is 217 Å². The van der Waals surface area contributed by atoms with Gasteiger partial charge >= 0.3 is 5.56 Å². The normalized spacial score (nSPS) is 11.3. The van der Waals surface area contributed by atoms with Crippen molar-refractivity contribution in [3.8, 4) is 27.6 Å². The summed E-state index contributed by atoms with van der Waals surface area (Å²) in [4.78, 5) is 28.6. The average Bonchev–Trinajstić information content (AvgIpc) is 3.49. The van der Waals surface area contributed by atoms with Gasteiger partial charge in [0.05, 0.1) is 21.3 Å². The highest BCUT2D eigenvalue weighted by Gasteiger charge is 2.20. The molecule has 12 heteroatoms. The molecule has 0 unspecified atom stereocenters. The van der Waals surface area contributed by atoms with Gasteiger partial charge in [-0.3, -0.25) is 20.0 Å². The van der Waals surface area contributed by atoms with Crippen molar-refractivity contribution in [2.75, 3.05) is 0 Å². The van der Waals surface area contributed by atoms with Crippen LogP contribution in [0.3, 0.4) is 0 Å². The Hall–Kier alpha value is -4.12. The van der Waals surface area contributed by atoms with Crippen LogP contribution in [0.2, 0.25) is 10.0 Å². The van der Waals surface area contributed by atoms with E-state index < -0.39 is 10.5 Å². The summed E-state index contributed by atoms with van der Waals surface area (Å²) in [5.41, 5.74) is 2.19. The molecule has 178 valence electrons. The van der Waals surface area contributed by atoms with E-state index in [9.17, 15) is 14.9 Å². The second kappa shape index (κ2) is 9.86. The van der Waals surface area contributed by atoms with Gasteiger partial charge in [-0.25, -0.2) is 4.98 Å². The molecular weight excluding hydrogens is 523 g/mol. The van der Waals surface area contributed by atoms with E-state index in [-0.39, 0.29) is 16.4 Å². The van der Waals surface area contributed by atoms with Crippen molar-refractivity contribution in [2.45, 2.75) is 0 Å². The molecule has 3 aromatic carbocycles. The van der Waals surface area contributed by atoms with Crippen LogP contribution in [-0.2, 0) is 0 Å². The van der Waals surface area contributed by atoms with Gasteiger partial charge in [0.2, 0.25) is 5.13 Å². The van der Waals surface area contributed by atoms with Gasteiger partial charge in [-0.1, -0.05) is 53.5 Å². The third-order valence-corrected chi connectivity index (χ3v) is 6.52. The largest absolute Gasteiger partial charge is 0.301 e. The van der Waals surface area contributed by atoms with Crippen molar-refractivity contribution in [2.24, 2.45) is 10.2 Å². The van der Waals surface area contributed by atoms with Crippen LogP contribution >= 0.6 is 34.5 Å². The summed E-state index contributed by atoms with van der Waals surface area (Å²) in [7, 11) is 0. The van der Waals surface area contributed by atoms with E-state index in [0.29, 0.717) is 32.8 Å². The Bertz CT molecular complexity index is 1660. The molecule has 0 fully saturated rings. The molecule has 2 heterocycles. The number of hydrogen-bond donors (Lipinski definition) is 1. The predicted octanol–water partition coefficient (Wildman–Crippen LogP) is 7.59. The van der Waals surface area contributed by atoms with E-state index in [1.54, 1.807) is 12.1 Å². The predicted molar refractivity (Wildman–Crippen MR) is 140 cm³/mol. The van der Waals surface area contributed by atoms with Crippen LogP contribution in [0.25, 0.3) is 27.6 Å². The summed E-state index contributed by atoms with van der Waals surface area (Å²) in [5, 5.41) is 25.4.